The maximum atomic E-state index is 10.5. The molecule has 2 aliphatic rings. The molecule has 2 saturated heterocycles. The molecule has 8 heteroatoms. The van der Waals surface area contributed by atoms with Crippen molar-refractivity contribution in [3.8, 4) is 0 Å². The number of fused-ring (bicyclic) bond motifs is 1. The molecular weight excluding hydrogens is 290 g/mol. The zero-order chi connectivity index (χ0) is 15.5. The van der Waals surface area contributed by atoms with Crippen LogP contribution in [0.25, 0.3) is 10.4 Å². The zero-order valence-corrected chi connectivity index (χ0v) is 12.0. The smallest absolute Gasteiger partial charge is 0.184 e. The van der Waals surface area contributed by atoms with Crippen molar-refractivity contribution in [1.29, 1.82) is 0 Å². The van der Waals surface area contributed by atoms with Gasteiger partial charge in [0.2, 0.25) is 0 Å². The lowest BCUT2D eigenvalue weighted by Gasteiger charge is -2.46. The van der Waals surface area contributed by atoms with E-state index in [1.807, 2.05) is 30.3 Å². The number of rotatable bonds is 3. The van der Waals surface area contributed by atoms with Crippen LogP contribution in [0, 0.1) is 0 Å². The number of nitrogens with zero attached hydrogens (tertiary/aromatic N) is 3. The van der Waals surface area contributed by atoms with E-state index in [1.54, 1.807) is 0 Å². The van der Waals surface area contributed by atoms with E-state index >= 15 is 0 Å². The molecule has 0 saturated carbocycles. The van der Waals surface area contributed by atoms with Crippen molar-refractivity contribution in [1.82, 2.24) is 0 Å². The molecule has 22 heavy (non-hydrogen) atoms. The van der Waals surface area contributed by atoms with Crippen molar-refractivity contribution >= 4 is 0 Å². The van der Waals surface area contributed by atoms with Crippen LogP contribution in [0.3, 0.4) is 0 Å². The van der Waals surface area contributed by atoms with Gasteiger partial charge in [-0.05, 0) is 5.53 Å². The van der Waals surface area contributed by atoms with Gasteiger partial charge < -0.3 is 24.1 Å². The first-order valence-electron chi connectivity index (χ1n) is 6.97. The third-order valence-electron chi connectivity index (χ3n) is 3.82. The minimum absolute atomic E-state index is 0.254. The molecule has 8 nitrogen and oxygen atoms in total. The summed E-state index contributed by atoms with van der Waals surface area (Å²) in [7, 11) is 1.43. The number of methoxy groups -OCH3 is 1. The van der Waals surface area contributed by atoms with Crippen molar-refractivity contribution in [2.75, 3.05) is 13.7 Å². The fourth-order valence-corrected chi connectivity index (χ4v) is 2.73. The van der Waals surface area contributed by atoms with Crippen molar-refractivity contribution < 1.29 is 24.1 Å². The molecule has 2 fully saturated rings. The first kappa shape index (κ1) is 15.2. The van der Waals surface area contributed by atoms with Gasteiger partial charge in [0.1, 0.15) is 18.2 Å². The van der Waals surface area contributed by atoms with Crippen LogP contribution < -0.4 is 0 Å². The Labute approximate surface area is 127 Å². The van der Waals surface area contributed by atoms with E-state index in [9.17, 15) is 5.11 Å². The molecule has 1 N–H and O–H groups in total. The van der Waals surface area contributed by atoms with Crippen LogP contribution in [-0.4, -0.2) is 49.5 Å². The monoisotopic (exact) mass is 307 g/mol. The Bertz CT molecular complexity index is 551. The minimum atomic E-state index is -1.03. The number of aliphatic hydroxyl groups excluding tert-OH is 1. The van der Waals surface area contributed by atoms with Gasteiger partial charge in [0.05, 0.1) is 12.7 Å². The highest BCUT2D eigenvalue weighted by molar-refractivity contribution is 5.16. The zero-order valence-electron chi connectivity index (χ0n) is 12.0. The third-order valence-corrected chi connectivity index (χ3v) is 3.82. The average Bonchev–Trinajstić information content (AvgIpc) is 2.58. The SMILES string of the molecule is CO[C@H]1O[C@@H]2CO[C@H](c3ccccc3)O[C@@H]2[C@@H](O)[C@@H]1N=[N+]=[N-]. The molecule has 0 aromatic heterocycles. The number of benzene rings is 1. The highest BCUT2D eigenvalue weighted by atomic mass is 16.7. The molecule has 2 aliphatic heterocycles. The summed E-state index contributed by atoms with van der Waals surface area (Å²) < 4.78 is 22.3. The van der Waals surface area contributed by atoms with Crippen LogP contribution in [0.15, 0.2) is 35.4 Å². The van der Waals surface area contributed by atoms with E-state index in [2.05, 4.69) is 10.0 Å². The van der Waals surface area contributed by atoms with Gasteiger partial charge in [-0.1, -0.05) is 35.4 Å². The summed E-state index contributed by atoms with van der Waals surface area (Å²) in [5, 5.41) is 14.0. The first-order valence-corrected chi connectivity index (χ1v) is 6.97. The van der Waals surface area contributed by atoms with E-state index in [0.717, 1.165) is 5.56 Å². The number of ether oxygens (including phenoxy) is 4. The minimum Gasteiger partial charge on any atom is -0.390 e. The summed E-state index contributed by atoms with van der Waals surface area (Å²) in [6.07, 6.45) is -3.58. The Morgan fingerprint density at radius 1 is 1.32 bits per heavy atom. The van der Waals surface area contributed by atoms with E-state index in [1.165, 1.54) is 7.11 Å². The number of aliphatic hydroxyl groups is 1. The van der Waals surface area contributed by atoms with Crippen molar-refractivity contribution in [2.24, 2.45) is 5.11 Å². The first-order chi connectivity index (χ1) is 10.7. The summed E-state index contributed by atoms with van der Waals surface area (Å²) in [5.74, 6) is 0. The molecule has 3 rings (SSSR count). The average molecular weight is 307 g/mol. The molecule has 0 amide bonds. The molecule has 0 radical (unpaired) electrons. The van der Waals surface area contributed by atoms with Gasteiger partial charge >= 0.3 is 0 Å². The molecular formula is C14H17N3O5. The molecule has 2 heterocycles. The summed E-state index contributed by atoms with van der Waals surface area (Å²) in [4.78, 5) is 2.74. The van der Waals surface area contributed by atoms with Crippen LogP contribution in [0.1, 0.15) is 11.9 Å². The lowest BCUT2D eigenvalue weighted by molar-refractivity contribution is -0.338. The Morgan fingerprint density at radius 2 is 2.09 bits per heavy atom. The fourth-order valence-electron chi connectivity index (χ4n) is 2.73. The van der Waals surface area contributed by atoms with E-state index < -0.39 is 36.9 Å². The number of hydrogen-bond acceptors (Lipinski definition) is 6. The second-order valence-corrected chi connectivity index (χ2v) is 5.14. The van der Waals surface area contributed by atoms with Gasteiger partial charge in [0.15, 0.2) is 12.6 Å². The van der Waals surface area contributed by atoms with Crippen molar-refractivity contribution in [2.45, 2.75) is 36.9 Å². The van der Waals surface area contributed by atoms with E-state index in [-0.39, 0.29) is 6.61 Å². The molecule has 1 aromatic rings. The summed E-state index contributed by atoms with van der Waals surface area (Å²) in [6.45, 7) is 0.254. The van der Waals surface area contributed by atoms with Gasteiger partial charge in [-0.25, -0.2) is 0 Å². The Hall–Kier alpha value is -1.67. The number of hydrogen-bond donors (Lipinski definition) is 1. The quantitative estimate of drug-likeness (QED) is 0.517. The summed E-state index contributed by atoms with van der Waals surface area (Å²) in [5.41, 5.74) is 9.50. The van der Waals surface area contributed by atoms with Crippen molar-refractivity contribution in [3.63, 3.8) is 0 Å². The van der Waals surface area contributed by atoms with E-state index in [4.69, 9.17) is 24.5 Å². The molecule has 0 bridgehead atoms. The highest BCUT2D eigenvalue weighted by Gasteiger charge is 2.49. The predicted molar refractivity (Wildman–Crippen MR) is 74.6 cm³/mol. The summed E-state index contributed by atoms with van der Waals surface area (Å²) in [6, 6.07) is 8.55. The summed E-state index contributed by atoms with van der Waals surface area (Å²) >= 11 is 0. The molecule has 6 atom stereocenters. The lowest BCUT2D eigenvalue weighted by Crippen LogP contribution is -2.61. The Kier molecular flexibility index (Phi) is 4.58. The topological polar surface area (TPSA) is 106 Å². The second kappa shape index (κ2) is 6.62. The fraction of sp³-hybridized carbons (Fsp3) is 0.571. The van der Waals surface area contributed by atoms with Crippen LogP contribution in [0.4, 0.5) is 0 Å². The molecule has 0 aliphatic carbocycles. The van der Waals surface area contributed by atoms with Gasteiger partial charge in [-0.15, -0.1) is 0 Å². The lowest BCUT2D eigenvalue weighted by atomic mass is 9.96. The van der Waals surface area contributed by atoms with Crippen LogP contribution >= 0.6 is 0 Å². The van der Waals surface area contributed by atoms with Crippen LogP contribution in [0.5, 0.6) is 0 Å². The normalized spacial score (nSPS) is 37.9. The maximum absolute atomic E-state index is 10.5. The van der Waals surface area contributed by atoms with Crippen molar-refractivity contribution in [3.05, 3.63) is 46.3 Å². The second-order valence-electron chi connectivity index (χ2n) is 5.14. The van der Waals surface area contributed by atoms with Gasteiger partial charge in [-0.2, -0.15) is 0 Å². The van der Waals surface area contributed by atoms with Gasteiger partial charge in [0.25, 0.3) is 0 Å². The Balaban J connectivity index is 1.79. The van der Waals surface area contributed by atoms with Crippen LogP contribution in [0.2, 0.25) is 0 Å². The molecule has 0 unspecified atom stereocenters. The van der Waals surface area contributed by atoms with Crippen LogP contribution in [-0.2, 0) is 18.9 Å². The predicted octanol–water partition coefficient (Wildman–Crippen LogP) is 1.51. The molecule has 1 aromatic carbocycles. The maximum Gasteiger partial charge on any atom is 0.184 e. The highest BCUT2D eigenvalue weighted by Crippen LogP contribution is 2.35. The van der Waals surface area contributed by atoms with Gasteiger partial charge in [-0.3, -0.25) is 0 Å². The molecule has 0 spiro atoms. The number of azide groups is 1. The van der Waals surface area contributed by atoms with E-state index in [0.29, 0.717) is 0 Å². The van der Waals surface area contributed by atoms with Gasteiger partial charge in [0, 0.05) is 17.6 Å². The molecule has 118 valence electrons. The standard InChI is InChI=1S/C14H17N3O5/c1-19-14-10(16-17-15)11(18)12-9(21-14)7-20-13(22-12)8-5-3-2-4-6-8/h2-6,9-14,18H,7H2,1H3/t9-,10+,11+,12+,13+,14+/m1/s1. The Morgan fingerprint density at radius 3 is 2.77 bits per heavy atom. The largest absolute Gasteiger partial charge is 0.390 e. The third kappa shape index (κ3) is 2.80.